The number of nitrogens with one attached hydrogen (secondary N) is 2. The molecule has 0 atom stereocenters. The van der Waals surface area contributed by atoms with Crippen LogP contribution in [-0.4, -0.2) is 21.6 Å². The van der Waals surface area contributed by atoms with E-state index in [0.717, 1.165) is 22.9 Å². The molecule has 0 saturated carbocycles. The van der Waals surface area contributed by atoms with Gasteiger partial charge in [-0.25, -0.2) is 4.98 Å². The zero-order chi connectivity index (χ0) is 17.7. The van der Waals surface area contributed by atoms with Crippen molar-refractivity contribution in [3.63, 3.8) is 0 Å². The Morgan fingerprint density at radius 3 is 2.58 bits per heavy atom. The maximum absolute atomic E-state index is 12.6. The second-order valence-corrected chi connectivity index (χ2v) is 5.95. The quantitative estimate of drug-likeness (QED) is 0.637. The summed E-state index contributed by atoms with van der Waals surface area (Å²) < 4.78 is 37.7. The standard InChI is InChI=1S/C15H14F3N3O2S/c1-9-2-4-10(5-3-9)7-19-13(23)8-24-14-20-11(15(16,17)18)6-12(22)21-14/h2-6H,7-8H2,1H3,(H,19,23)(H,20,21,22). The number of aryl methyl sites for hydroxylation is 1. The first-order valence-electron chi connectivity index (χ1n) is 6.87. The maximum atomic E-state index is 12.6. The molecule has 0 aliphatic carbocycles. The smallest absolute Gasteiger partial charge is 0.351 e. The van der Waals surface area contributed by atoms with Gasteiger partial charge in [0.2, 0.25) is 5.91 Å². The second kappa shape index (κ2) is 7.52. The average molecular weight is 357 g/mol. The summed E-state index contributed by atoms with van der Waals surface area (Å²) in [5.41, 5.74) is -0.196. The molecule has 0 spiro atoms. The van der Waals surface area contributed by atoms with E-state index in [1.54, 1.807) is 0 Å². The predicted octanol–water partition coefficient (Wildman–Crippen LogP) is 2.51. The molecule has 1 aromatic heterocycles. The first-order chi connectivity index (χ1) is 11.2. The Labute approximate surface area is 139 Å². The Kier molecular flexibility index (Phi) is 5.66. The Morgan fingerprint density at radius 2 is 1.96 bits per heavy atom. The molecule has 0 fully saturated rings. The van der Waals surface area contributed by atoms with E-state index in [4.69, 9.17) is 0 Å². The molecule has 0 aliphatic rings. The fourth-order valence-corrected chi connectivity index (χ4v) is 2.45. The van der Waals surface area contributed by atoms with Gasteiger partial charge in [0.05, 0.1) is 5.75 Å². The molecule has 1 heterocycles. The number of H-pyrrole nitrogens is 1. The van der Waals surface area contributed by atoms with Crippen LogP contribution in [-0.2, 0) is 17.5 Å². The van der Waals surface area contributed by atoms with E-state index in [0.29, 0.717) is 12.6 Å². The van der Waals surface area contributed by atoms with E-state index < -0.39 is 17.4 Å². The maximum Gasteiger partial charge on any atom is 0.433 e. The zero-order valence-corrected chi connectivity index (χ0v) is 13.4. The van der Waals surface area contributed by atoms with Gasteiger partial charge >= 0.3 is 6.18 Å². The highest BCUT2D eigenvalue weighted by atomic mass is 32.2. The molecule has 5 nitrogen and oxygen atoms in total. The molecule has 2 rings (SSSR count). The van der Waals surface area contributed by atoms with Crippen molar-refractivity contribution in [3.8, 4) is 0 Å². The van der Waals surface area contributed by atoms with Gasteiger partial charge in [0.1, 0.15) is 0 Å². The Morgan fingerprint density at radius 1 is 1.29 bits per heavy atom. The van der Waals surface area contributed by atoms with Crippen LogP contribution in [0.15, 0.2) is 40.3 Å². The highest BCUT2D eigenvalue weighted by Crippen LogP contribution is 2.27. The molecule has 24 heavy (non-hydrogen) atoms. The van der Waals surface area contributed by atoms with Gasteiger partial charge in [-0.05, 0) is 12.5 Å². The molecule has 1 aromatic carbocycles. The predicted molar refractivity (Wildman–Crippen MR) is 83.6 cm³/mol. The molecule has 2 N–H and O–H groups in total. The van der Waals surface area contributed by atoms with E-state index in [2.05, 4.69) is 15.3 Å². The largest absolute Gasteiger partial charge is 0.433 e. The number of hydrogen-bond donors (Lipinski definition) is 2. The summed E-state index contributed by atoms with van der Waals surface area (Å²) in [6.45, 7) is 2.26. The molecule has 1 amide bonds. The SMILES string of the molecule is Cc1ccc(CNC(=O)CSc2nc(C(F)(F)F)cc(=O)[nH]2)cc1. The number of halogens is 3. The van der Waals surface area contributed by atoms with Crippen LogP contribution >= 0.6 is 11.8 Å². The number of nitrogens with zero attached hydrogens (tertiary/aromatic N) is 1. The van der Waals surface area contributed by atoms with Crippen molar-refractivity contribution in [3.05, 3.63) is 57.5 Å². The lowest BCUT2D eigenvalue weighted by atomic mass is 10.1. The summed E-state index contributed by atoms with van der Waals surface area (Å²) in [5.74, 6) is -0.531. The van der Waals surface area contributed by atoms with E-state index in [-0.39, 0.29) is 16.8 Å². The topological polar surface area (TPSA) is 74.8 Å². The monoisotopic (exact) mass is 357 g/mol. The van der Waals surface area contributed by atoms with Crippen molar-refractivity contribution in [2.24, 2.45) is 0 Å². The van der Waals surface area contributed by atoms with Gasteiger partial charge in [0, 0.05) is 12.6 Å². The van der Waals surface area contributed by atoms with Gasteiger partial charge in [-0.1, -0.05) is 41.6 Å². The van der Waals surface area contributed by atoms with E-state index in [1.807, 2.05) is 31.2 Å². The molecule has 9 heteroatoms. The van der Waals surface area contributed by atoms with E-state index in [9.17, 15) is 22.8 Å². The molecule has 2 aromatic rings. The summed E-state index contributed by atoms with van der Waals surface area (Å²) >= 11 is 0.732. The Bertz CT molecular complexity index is 773. The number of thioether (sulfide) groups is 1. The lowest BCUT2D eigenvalue weighted by Crippen LogP contribution is -2.25. The molecular weight excluding hydrogens is 343 g/mol. The van der Waals surface area contributed by atoms with Crippen LogP contribution in [0.25, 0.3) is 0 Å². The number of aromatic amines is 1. The van der Waals surface area contributed by atoms with Gasteiger partial charge in [-0.3, -0.25) is 9.59 Å². The number of benzene rings is 1. The highest BCUT2D eigenvalue weighted by molar-refractivity contribution is 7.99. The summed E-state index contributed by atoms with van der Waals surface area (Å²) in [6, 6.07) is 7.94. The van der Waals surface area contributed by atoms with Crippen LogP contribution in [0.3, 0.4) is 0 Å². The highest BCUT2D eigenvalue weighted by Gasteiger charge is 2.33. The molecule has 0 unspecified atom stereocenters. The van der Waals surface area contributed by atoms with Crippen molar-refractivity contribution >= 4 is 17.7 Å². The molecule has 0 radical (unpaired) electrons. The fourth-order valence-electron chi connectivity index (χ4n) is 1.74. The first-order valence-corrected chi connectivity index (χ1v) is 7.86. The minimum Gasteiger partial charge on any atom is -0.351 e. The van der Waals surface area contributed by atoms with Gasteiger partial charge in [0.25, 0.3) is 5.56 Å². The third-order valence-corrected chi connectivity index (χ3v) is 3.83. The zero-order valence-electron chi connectivity index (χ0n) is 12.6. The summed E-state index contributed by atoms with van der Waals surface area (Å²) in [7, 11) is 0. The van der Waals surface area contributed by atoms with Crippen LogP contribution in [0.4, 0.5) is 13.2 Å². The third kappa shape index (κ3) is 5.41. The number of amides is 1. The average Bonchev–Trinajstić information content (AvgIpc) is 2.51. The van der Waals surface area contributed by atoms with E-state index in [1.165, 1.54) is 0 Å². The van der Waals surface area contributed by atoms with Crippen LogP contribution in [0, 0.1) is 6.92 Å². The molecule has 0 bridgehead atoms. The Balaban J connectivity index is 1.91. The van der Waals surface area contributed by atoms with Gasteiger partial charge in [-0.15, -0.1) is 0 Å². The molecular formula is C15H14F3N3O2S. The second-order valence-electron chi connectivity index (χ2n) is 4.98. The normalized spacial score (nSPS) is 11.3. The number of hydrogen-bond acceptors (Lipinski definition) is 4. The van der Waals surface area contributed by atoms with Crippen molar-refractivity contribution in [2.45, 2.75) is 24.8 Å². The summed E-state index contributed by atoms with van der Waals surface area (Å²) in [6.07, 6.45) is -4.71. The third-order valence-electron chi connectivity index (χ3n) is 2.96. The van der Waals surface area contributed by atoms with Crippen molar-refractivity contribution < 1.29 is 18.0 Å². The van der Waals surface area contributed by atoms with Gasteiger partial charge in [0.15, 0.2) is 10.9 Å². The van der Waals surface area contributed by atoms with Gasteiger partial charge < -0.3 is 10.3 Å². The number of carbonyl (C=O) groups excluding carboxylic acids is 1. The van der Waals surface area contributed by atoms with E-state index >= 15 is 0 Å². The van der Waals surface area contributed by atoms with Crippen LogP contribution in [0.1, 0.15) is 16.8 Å². The van der Waals surface area contributed by atoms with Crippen LogP contribution in [0.5, 0.6) is 0 Å². The minimum atomic E-state index is -4.71. The molecule has 0 saturated heterocycles. The van der Waals surface area contributed by atoms with Crippen molar-refractivity contribution in [1.29, 1.82) is 0 Å². The first kappa shape index (κ1) is 18.1. The van der Waals surface area contributed by atoms with Crippen LogP contribution in [0.2, 0.25) is 0 Å². The van der Waals surface area contributed by atoms with Crippen molar-refractivity contribution in [1.82, 2.24) is 15.3 Å². The fraction of sp³-hybridized carbons (Fsp3) is 0.267. The number of carbonyl (C=O) groups is 1. The molecule has 128 valence electrons. The lowest BCUT2D eigenvalue weighted by molar-refractivity contribution is -0.141. The summed E-state index contributed by atoms with van der Waals surface area (Å²) in [4.78, 5) is 28.5. The Hall–Kier alpha value is -2.29. The number of aromatic nitrogens is 2. The molecule has 0 aliphatic heterocycles. The van der Waals surface area contributed by atoms with Gasteiger partial charge in [-0.2, -0.15) is 13.2 Å². The lowest BCUT2D eigenvalue weighted by Gasteiger charge is -2.08. The summed E-state index contributed by atoms with van der Waals surface area (Å²) in [5, 5.41) is 2.40. The number of alkyl halides is 3. The minimum absolute atomic E-state index is 0.157. The number of rotatable bonds is 5. The van der Waals surface area contributed by atoms with Crippen LogP contribution < -0.4 is 10.9 Å². The van der Waals surface area contributed by atoms with Crippen molar-refractivity contribution in [2.75, 3.05) is 5.75 Å².